The fourth-order valence-electron chi connectivity index (χ4n) is 4.09. The molecule has 32 heavy (non-hydrogen) atoms. The van der Waals surface area contributed by atoms with Gasteiger partial charge in [-0.3, -0.25) is 14.5 Å². The quantitative estimate of drug-likeness (QED) is 0.599. The second kappa shape index (κ2) is 8.94. The highest BCUT2D eigenvalue weighted by molar-refractivity contribution is 8.00. The molecule has 0 saturated carbocycles. The molecule has 0 radical (unpaired) electrons. The molecule has 0 unspecified atom stereocenters. The lowest BCUT2D eigenvalue weighted by Gasteiger charge is -2.30. The molecule has 0 saturated heterocycles. The number of amides is 2. The molecule has 5 nitrogen and oxygen atoms in total. The van der Waals surface area contributed by atoms with Crippen molar-refractivity contribution in [2.75, 3.05) is 17.2 Å². The van der Waals surface area contributed by atoms with E-state index in [0.717, 1.165) is 34.5 Å². The molecule has 4 rings (SSSR count). The van der Waals surface area contributed by atoms with Gasteiger partial charge in [0.15, 0.2) is 0 Å². The topological polar surface area (TPSA) is 54.3 Å². The third kappa shape index (κ3) is 3.99. The number of hydrogen-bond acceptors (Lipinski definition) is 3. The normalized spacial score (nSPS) is 16.4. The van der Waals surface area contributed by atoms with Crippen LogP contribution >= 0.6 is 11.8 Å². The summed E-state index contributed by atoms with van der Waals surface area (Å²) in [6.07, 6.45) is 0.772. The van der Waals surface area contributed by atoms with Crippen LogP contribution in [0.5, 0.6) is 0 Å². The highest BCUT2D eigenvalue weighted by Crippen LogP contribution is 2.43. The highest BCUT2D eigenvalue weighted by Gasteiger charge is 2.40. The minimum Gasteiger partial charge on any atom is -0.354 e. The number of halogens is 2. The summed E-state index contributed by atoms with van der Waals surface area (Å²) in [6, 6.07) is 9.60. The number of rotatable bonds is 5. The van der Waals surface area contributed by atoms with Crippen LogP contribution in [-0.2, 0) is 16.6 Å². The van der Waals surface area contributed by atoms with Gasteiger partial charge in [-0.2, -0.15) is 0 Å². The number of hydrogen-bond donors (Lipinski definition) is 1. The summed E-state index contributed by atoms with van der Waals surface area (Å²) < 4.78 is 30.4. The second-order valence-electron chi connectivity index (χ2n) is 8.32. The van der Waals surface area contributed by atoms with Crippen molar-refractivity contribution in [1.82, 2.24) is 9.88 Å². The van der Waals surface area contributed by atoms with Crippen molar-refractivity contribution >= 4 is 40.2 Å². The number of nitrogens with one attached hydrogen (secondary N) is 1. The van der Waals surface area contributed by atoms with Crippen molar-refractivity contribution in [3.05, 3.63) is 59.7 Å². The molecule has 1 aliphatic rings. The molecule has 2 amide bonds. The maximum atomic E-state index is 14.9. The van der Waals surface area contributed by atoms with Crippen LogP contribution in [0.4, 0.5) is 14.5 Å². The monoisotopic (exact) mass is 457 g/mol. The van der Waals surface area contributed by atoms with Crippen LogP contribution in [0.2, 0.25) is 0 Å². The molecule has 0 aliphatic carbocycles. The molecule has 1 aromatic heterocycles. The second-order valence-corrected chi connectivity index (χ2v) is 9.28. The molecule has 1 N–H and O–H groups in total. The van der Waals surface area contributed by atoms with Crippen LogP contribution in [0, 0.1) is 17.6 Å². The maximum Gasteiger partial charge on any atom is 0.247 e. The first-order valence-corrected chi connectivity index (χ1v) is 11.5. The van der Waals surface area contributed by atoms with Crippen LogP contribution in [0.1, 0.15) is 31.9 Å². The Bertz CT molecular complexity index is 1190. The smallest absolute Gasteiger partial charge is 0.247 e. The number of para-hydroxylation sites is 1. The lowest BCUT2D eigenvalue weighted by molar-refractivity contribution is -0.125. The Morgan fingerprint density at radius 3 is 2.69 bits per heavy atom. The summed E-state index contributed by atoms with van der Waals surface area (Å²) in [7, 11) is 1.89. The van der Waals surface area contributed by atoms with E-state index in [9.17, 15) is 18.4 Å². The van der Waals surface area contributed by atoms with Crippen molar-refractivity contribution in [2.24, 2.45) is 13.0 Å². The Morgan fingerprint density at radius 1 is 1.22 bits per heavy atom. The molecular weight excluding hydrogens is 432 g/mol. The lowest BCUT2D eigenvalue weighted by atomic mass is 10.0. The molecule has 168 valence electrons. The standard InChI is InChI=1S/C24H25F2N3O2S/c1-14(2)10-11-27-23(31)22-21-16-6-4-5-7-18(16)28(3)24(21)32-13-20(30)29(22)19-9-8-15(25)12-17(19)26/h4-9,12,14,22H,10-11,13H2,1-3H3,(H,27,31)/t22-/m0/s1. The zero-order valence-corrected chi connectivity index (χ0v) is 19.0. The van der Waals surface area contributed by atoms with Gasteiger partial charge in [0.1, 0.15) is 17.7 Å². The molecule has 2 heterocycles. The van der Waals surface area contributed by atoms with Gasteiger partial charge in [0.05, 0.1) is 16.5 Å². The first kappa shape index (κ1) is 22.3. The zero-order valence-electron chi connectivity index (χ0n) is 18.2. The van der Waals surface area contributed by atoms with Crippen molar-refractivity contribution in [3.8, 4) is 0 Å². The zero-order chi connectivity index (χ0) is 23.0. The minimum atomic E-state index is -1.08. The van der Waals surface area contributed by atoms with Crippen LogP contribution in [-0.4, -0.2) is 28.7 Å². The van der Waals surface area contributed by atoms with Gasteiger partial charge in [-0.25, -0.2) is 8.78 Å². The maximum absolute atomic E-state index is 14.9. The van der Waals surface area contributed by atoms with E-state index in [0.29, 0.717) is 18.0 Å². The Hall–Kier alpha value is -2.87. The molecule has 3 aromatic rings. The number of nitrogens with zero attached hydrogens (tertiary/aromatic N) is 2. The van der Waals surface area contributed by atoms with Gasteiger partial charge < -0.3 is 9.88 Å². The summed E-state index contributed by atoms with van der Waals surface area (Å²) in [5, 5.41) is 4.54. The van der Waals surface area contributed by atoms with Gasteiger partial charge in [0.25, 0.3) is 0 Å². The van der Waals surface area contributed by atoms with E-state index in [-0.39, 0.29) is 17.3 Å². The van der Waals surface area contributed by atoms with Gasteiger partial charge in [-0.1, -0.05) is 43.8 Å². The number of carbonyl (C=O) groups excluding carboxylic acids is 2. The number of thioether (sulfide) groups is 1. The SMILES string of the molecule is CC(C)CCNC(=O)[C@@H]1c2c(n(C)c3ccccc23)SCC(=O)N1c1ccc(F)cc1F. The Kier molecular flexibility index (Phi) is 6.24. The van der Waals surface area contributed by atoms with Crippen LogP contribution < -0.4 is 10.2 Å². The molecule has 1 atom stereocenters. The predicted molar refractivity (Wildman–Crippen MR) is 123 cm³/mol. The number of aryl methyl sites for hydroxylation is 1. The fraction of sp³-hybridized carbons (Fsp3) is 0.333. The molecule has 1 aliphatic heterocycles. The van der Waals surface area contributed by atoms with E-state index in [1.54, 1.807) is 0 Å². The first-order valence-electron chi connectivity index (χ1n) is 10.5. The number of anilines is 1. The molecule has 2 aromatic carbocycles. The van der Waals surface area contributed by atoms with Gasteiger partial charge in [0.2, 0.25) is 11.8 Å². The first-order chi connectivity index (χ1) is 15.3. The van der Waals surface area contributed by atoms with Crippen LogP contribution in [0.15, 0.2) is 47.5 Å². The average Bonchev–Trinajstić information content (AvgIpc) is 2.92. The minimum absolute atomic E-state index is 0.0315. The van der Waals surface area contributed by atoms with E-state index in [4.69, 9.17) is 0 Å². The van der Waals surface area contributed by atoms with Crippen molar-refractivity contribution in [1.29, 1.82) is 0 Å². The van der Waals surface area contributed by atoms with E-state index in [2.05, 4.69) is 19.2 Å². The predicted octanol–water partition coefficient (Wildman–Crippen LogP) is 4.80. The molecule has 0 bridgehead atoms. The van der Waals surface area contributed by atoms with Crippen molar-refractivity contribution < 1.29 is 18.4 Å². The third-order valence-electron chi connectivity index (χ3n) is 5.66. The van der Waals surface area contributed by atoms with Gasteiger partial charge in [-0.15, -0.1) is 0 Å². The summed E-state index contributed by atoms with van der Waals surface area (Å²) >= 11 is 1.32. The summed E-state index contributed by atoms with van der Waals surface area (Å²) in [6.45, 7) is 4.55. The molecule has 8 heteroatoms. The van der Waals surface area contributed by atoms with Gasteiger partial charge in [0, 0.05) is 36.1 Å². The number of benzene rings is 2. The van der Waals surface area contributed by atoms with Crippen molar-refractivity contribution in [2.45, 2.75) is 31.3 Å². The molecule has 0 fully saturated rings. The third-order valence-corrected chi connectivity index (χ3v) is 6.82. The molecular formula is C24H25F2N3O2S. The Balaban J connectivity index is 1.91. The Morgan fingerprint density at radius 2 is 1.97 bits per heavy atom. The van der Waals surface area contributed by atoms with E-state index >= 15 is 0 Å². The van der Waals surface area contributed by atoms with Gasteiger partial charge >= 0.3 is 0 Å². The number of aromatic nitrogens is 1. The van der Waals surface area contributed by atoms with Crippen molar-refractivity contribution in [3.63, 3.8) is 0 Å². The number of fused-ring (bicyclic) bond motifs is 3. The summed E-state index contributed by atoms with van der Waals surface area (Å²) in [5.74, 6) is -2.00. The van der Waals surface area contributed by atoms with E-state index < -0.39 is 23.6 Å². The summed E-state index contributed by atoms with van der Waals surface area (Å²) in [5.41, 5.74) is 1.46. The Labute approximate surface area is 189 Å². The van der Waals surface area contributed by atoms with E-state index in [1.807, 2.05) is 35.9 Å². The van der Waals surface area contributed by atoms with Crippen LogP contribution in [0.25, 0.3) is 10.9 Å². The molecule has 0 spiro atoms. The lowest BCUT2D eigenvalue weighted by Crippen LogP contribution is -2.44. The van der Waals surface area contributed by atoms with Gasteiger partial charge in [-0.05, 0) is 30.5 Å². The number of carbonyl (C=O) groups is 2. The largest absolute Gasteiger partial charge is 0.354 e. The highest BCUT2D eigenvalue weighted by atomic mass is 32.2. The van der Waals surface area contributed by atoms with Crippen LogP contribution in [0.3, 0.4) is 0 Å². The van der Waals surface area contributed by atoms with E-state index in [1.165, 1.54) is 22.7 Å². The fourth-order valence-corrected chi connectivity index (χ4v) is 5.16. The summed E-state index contributed by atoms with van der Waals surface area (Å²) in [4.78, 5) is 27.9. The average molecular weight is 458 g/mol.